The number of hydrogen-bond donors (Lipinski definition) is 1. The van der Waals surface area contributed by atoms with E-state index in [-0.39, 0.29) is 17.4 Å². The summed E-state index contributed by atoms with van der Waals surface area (Å²) in [6.45, 7) is 0. The quantitative estimate of drug-likeness (QED) is 0.374. The zero-order chi connectivity index (χ0) is 27.1. The highest BCUT2D eigenvalue weighted by atomic mass is 19.1. The summed E-state index contributed by atoms with van der Waals surface area (Å²) in [6, 6.07) is 25.6. The third-order valence-electron chi connectivity index (χ3n) is 7.77. The zero-order valence-corrected chi connectivity index (χ0v) is 22.0. The third kappa shape index (κ3) is 4.49. The van der Waals surface area contributed by atoms with Gasteiger partial charge in [0, 0.05) is 16.8 Å². The number of amides is 1. The molecule has 2 aliphatic rings. The molecule has 0 aromatic heterocycles. The summed E-state index contributed by atoms with van der Waals surface area (Å²) in [4.78, 5) is 28.5. The molecular weight excluding hydrogens is 487 g/mol. The first-order valence-electron chi connectivity index (χ1n) is 13.3. The van der Waals surface area contributed by atoms with E-state index in [0.717, 1.165) is 30.1 Å². The molecule has 6 rings (SSSR count). The summed E-state index contributed by atoms with van der Waals surface area (Å²) in [5.74, 6) is -1.10. The van der Waals surface area contributed by atoms with Crippen molar-refractivity contribution in [1.82, 2.24) is 4.90 Å². The Bertz CT molecular complexity index is 1840. The molecule has 0 bridgehead atoms. The van der Waals surface area contributed by atoms with Crippen LogP contribution in [-0.4, -0.2) is 30.7 Å². The van der Waals surface area contributed by atoms with E-state index in [9.17, 15) is 14.0 Å². The van der Waals surface area contributed by atoms with Crippen LogP contribution in [0.1, 0.15) is 50.7 Å². The van der Waals surface area contributed by atoms with Crippen molar-refractivity contribution in [3.8, 4) is 0 Å². The molecule has 1 unspecified atom stereocenters. The number of hydrogen-bond acceptors (Lipinski definition) is 3. The van der Waals surface area contributed by atoms with Crippen LogP contribution >= 0.6 is 0 Å². The van der Waals surface area contributed by atoms with Crippen molar-refractivity contribution in [2.75, 3.05) is 19.4 Å². The molecular formula is C34H29FN2O2. The Labute approximate surface area is 226 Å². The van der Waals surface area contributed by atoms with Gasteiger partial charge in [-0.2, -0.15) is 0 Å². The molecule has 0 fully saturated rings. The fourth-order valence-corrected chi connectivity index (χ4v) is 5.87. The average molecular weight is 517 g/mol. The van der Waals surface area contributed by atoms with Gasteiger partial charge in [0.05, 0.1) is 11.6 Å². The number of carbonyl (C=O) groups excluding carboxylic acids is 2. The van der Waals surface area contributed by atoms with Gasteiger partial charge in [0.15, 0.2) is 5.78 Å². The molecule has 4 nitrogen and oxygen atoms in total. The van der Waals surface area contributed by atoms with E-state index < -0.39 is 11.7 Å². The maximum absolute atomic E-state index is 14.0. The molecule has 194 valence electrons. The zero-order valence-electron chi connectivity index (χ0n) is 22.0. The minimum absolute atomic E-state index is 0.00414. The number of carbonyl (C=O) groups is 2. The number of anilines is 1. The fourth-order valence-electron chi connectivity index (χ4n) is 5.87. The Balaban J connectivity index is 1.39. The Morgan fingerprint density at radius 1 is 0.821 bits per heavy atom. The van der Waals surface area contributed by atoms with Crippen LogP contribution in [0.15, 0.2) is 84.9 Å². The van der Waals surface area contributed by atoms with Crippen molar-refractivity contribution in [1.29, 1.82) is 0 Å². The van der Waals surface area contributed by atoms with E-state index in [4.69, 9.17) is 0 Å². The van der Waals surface area contributed by atoms with Gasteiger partial charge in [-0.1, -0.05) is 54.6 Å². The summed E-state index contributed by atoms with van der Waals surface area (Å²) in [7, 11) is 4.20. The number of Topliss-reactive ketones (excluding diaryl/α,β-unsaturated/α-hetero) is 1. The van der Waals surface area contributed by atoms with Crippen molar-refractivity contribution >= 4 is 29.0 Å². The molecule has 39 heavy (non-hydrogen) atoms. The number of nitrogens with zero attached hydrogens (tertiary/aromatic N) is 1. The van der Waals surface area contributed by atoms with E-state index in [2.05, 4.69) is 66.8 Å². The Hall–Kier alpha value is -4.35. The lowest BCUT2D eigenvalue weighted by Gasteiger charge is -2.29. The molecule has 1 amide bonds. The second kappa shape index (κ2) is 10.1. The topological polar surface area (TPSA) is 49.4 Å². The highest BCUT2D eigenvalue weighted by molar-refractivity contribution is 6.24. The molecule has 0 saturated heterocycles. The van der Waals surface area contributed by atoms with Crippen LogP contribution in [0.3, 0.4) is 0 Å². The normalized spacial score (nSPS) is 15.6. The summed E-state index contributed by atoms with van der Waals surface area (Å²) in [5.41, 5.74) is 4.45. The second-order valence-corrected chi connectivity index (χ2v) is 10.4. The third-order valence-corrected chi connectivity index (χ3v) is 7.77. The van der Waals surface area contributed by atoms with Gasteiger partial charge in [-0.3, -0.25) is 14.5 Å². The van der Waals surface area contributed by atoms with Crippen molar-refractivity contribution in [3.63, 3.8) is 0 Å². The number of benzene rings is 4. The lowest BCUT2D eigenvalue weighted by Crippen LogP contribution is -2.31. The van der Waals surface area contributed by atoms with Gasteiger partial charge >= 0.3 is 0 Å². The minimum Gasteiger partial charge on any atom is -0.322 e. The molecule has 0 radical (unpaired) electrons. The van der Waals surface area contributed by atoms with E-state index in [1.807, 2.05) is 0 Å². The Kier molecular flexibility index (Phi) is 6.45. The highest BCUT2D eigenvalue weighted by Gasteiger charge is 2.25. The first kappa shape index (κ1) is 25.0. The Morgan fingerprint density at radius 3 is 2.31 bits per heavy atom. The number of ketones is 1. The predicted molar refractivity (Wildman–Crippen MR) is 152 cm³/mol. The predicted octanol–water partition coefficient (Wildman–Crippen LogP) is 5.13. The van der Waals surface area contributed by atoms with Crippen molar-refractivity contribution in [2.45, 2.75) is 25.3 Å². The Morgan fingerprint density at radius 2 is 1.54 bits per heavy atom. The molecule has 0 saturated carbocycles. The van der Waals surface area contributed by atoms with Crippen LogP contribution < -0.4 is 15.8 Å². The van der Waals surface area contributed by atoms with Gasteiger partial charge in [0.2, 0.25) is 0 Å². The van der Waals surface area contributed by atoms with Crippen molar-refractivity contribution < 1.29 is 14.0 Å². The van der Waals surface area contributed by atoms with E-state index in [0.29, 0.717) is 11.3 Å². The molecule has 4 aromatic rings. The fraction of sp³-hybridized carbons (Fsp3) is 0.176. The SMILES string of the molecule is CN(C)C1C=c2ccccc2=c2ccc3c(c21)CCCC=3C(=O)c1ccc(NC(=O)c2ccccc2F)cc1. The van der Waals surface area contributed by atoms with Crippen LogP contribution in [0.4, 0.5) is 10.1 Å². The largest absolute Gasteiger partial charge is 0.322 e. The van der Waals surface area contributed by atoms with Crippen molar-refractivity contribution in [3.05, 3.63) is 134 Å². The molecule has 1 atom stereocenters. The number of fused-ring (bicyclic) bond motifs is 4. The molecule has 2 aliphatic carbocycles. The summed E-state index contributed by atoms with van der Waals surface area (Å²) >= 11 is 0. The van der Waals surface area contributed by atoms with Crippen LogP contribution in [0, 0.1) is 16.3 Å². The maximum Gasteiger partial charge on any atom is 0.258 e. The van der Waals surface area contributed by atoms with Crippen LogP contribution in [0.2, 0.25) is 0 Å². The van der Waals surface area contributed by atoms with Gasteiger partial charge in [-0.25, -0.2) is 4.39 Å². The van der Waals surface area contributed by atoms with Crippen LogP contribution in [0.25, 0.3) is 11.6 Å². The van der Waals surface area contributed by atoms with Gasteiger partial charge in [0.1, 0.15) is 5.82 Å². The number of nitrogens with one attached hydrogen (secondary N) is 1. The second-order valence-electron chi connectivity index (χ2n) is 10.4. The standard InChI is InChI=1S/C34H29FN2O2/c1-37(2)31-20-22-8-3-4-9-24(22)27-19-18-25-26(32(27)31)11-7-12-28(25)33(38)21-14-16-23(17-15-21)36-34(39)29-10-5-6-13-30(29)35/h3-6,8-10,13-20,31H,7,11-12H2,1-2H3,(H,36,39). The smallest absolute Gasteiger partial charge is 0.258 e. The lowest BCUT2D eigenvalue weighted by molar-refractivity contribution is 0.102. The number of halogens is 1. The summed E-state index contributed by atoms with van der Waals surface area (Å²) < 4.78 is 14.0. The summed E-state index contributed by atoms with van der Waals surface area (Å²) in [5, 5.41) is 7.47. The monoisotopic (exact) mass is 516 g/mol. The molecule has 5 heteroatoms. The van der Waals surface area contributed by atoms with Gasteiger partial charge in [-0.05, 0) is 102 Å². The molecule has 0 heterocycles. The van der Waals surface area contributed by atoms with Gasteiger partial charge < -0.3 is 5.32 Å². The average Bonchev–Trinajstić information content (AvgIpc) is 2.96. The van der Waals surface area contributed by atoms with E-state index >= 15 is 0 Å². The van der Waals surface area contributed by atoms with Crippen LogP contribution in [0.5, 0.6) is 0 Å². The van der Waals surface area contributed by atoms with Gasteiger partial charge in [-0.15, -0.1) is 0 Å². The van der Waals surface area contributed by atoms with Gasteiger partial charge in [0.25, 0.3) is 5.91 Å². The highest BCUT2D eigenvalue weighted by Crippen LogP contribution is 2.30. The van der Waals surface area contributed by atoms with E-state index in [1.165, 1.54) is 38.9 Å². The summed E-state index contributed by atoms with van der Waals surface area (Å²) in [6.07, 6.45) is 4.91. The van der Waals surface area contributed by atoms with Crippen LogP contribution in [-0.2, 0) is 6.42 Å². The molecule has 1 N–H and O–H groups in total. The number of rotatable bonds is 5. The van der Waals surface area contributed by atoms with Crippen molar-refractivity contribution in [2.24, 2.45) is 0 Å². The molecule has 0 aliphatic heterocycles. The lowest BCUT2D eigenvalue weighted by atomic mass is 9.82. The minimum atomic E-state index is -0.575. The maximum atomic E-state index is 14.0. The van der Waals surface area contributed by atoms with E-state index in [1.54, 1.807) is 36.4 Å². The molecule has 4 aromatic carbocycles. The first-order chi connectivity index (χ1) is 18.9. The molecule has 0 spiro atoms. The first-order valence-corrected chi connectivity index (χ1v) is 13.3.